The lowest BCUT2D eigenvalue weighted by Gasteiger charge is -2.02. The fourth-order valence-corrected chi connectivity index (χ4v) is 3.18. The van der Waals surface area contributed by atoms with Crippen molar-refractivity contribution in [3.05, 3.63) is 64.6 Å². The molecule has 1 aliphatic heterocycles. The van der Waals surface area contributed by atoms with Crippen LogP contribution < -0.4 is 15.8 Å². The van der Waals surface area contributed by atoms with Crippen LogP contribution in [0.25, 0.3) is 6.08 Å². The van der Waals surface area contributed by atoms with Gasteiger partial charge in [0.25, 0.3) is 11.8 Å². The quantitative estimate of drug-likeness (QED) is 0.794. The maximum atomic E-state index is 12.2. The van der Waals surface area contributed by atoms with Crippen molar-refractivity contribution in [2.24, 2.45) is 10.7 Å². The third-order valence-corrected chi connectivity index (χ3v) is 4.44. The van der Waals surface area contributed by atoms with Crippen molar-refractivity contribution in [3.63, 3.8) is 0 Å². The molecule has 0 atom stereocenters. The minimum atomic E-state index is -0.565. The Balaban J connectivity index is 1.81. The van der Waals surface area contributed by atoms with Crippen LogP contribution in [0.1, 0.15) is 22.8 Å². The summed E-state index contributed by atoms with van der Waals surface area (Å²) in [4.78, 5) is 28.5. The standard InChI is InChI=1S/C19H17N3O3S/c1-2-25-13-9-7-12(8-10-13)11-16-18(24)22-19(26-16)21-15-6-4-3-5-14(15)17(20)23/h3-11H,2H2,1H3,(H2,20,23)(H,21,22,24)/b16-11-. The number of carbonyl (C=O) groups is 2. The number of carbonyl (C=O) groups excluding carboxylic acids is 2. The lowest BCUT2D eigenvalue weighted by Crippen LogP contribution is -2.19. The van der Waals surface area contributed by atoms with Crippen LogP contribution in [0.5, 0.6) is 5.75 Å². The van der Waals surface area contributed by atoms with E-state index in [2.05, 4.69) is 10.3 Å². The Morgan fingerprint density at radius 1 is 1.23 bits per heavy atom. The summed E-state index contributed by atoms with van der Waals surface area (Å²) in [6, 6.07) is 14.2. The van der Waals surface area contributed by atoms with Gasteiger partial charge in [-0.1, -0.05) is 24.3 Å². The highest BCUT2D eigenvalue weighted by Gasteiger charge is 2.24. The number of nitrogens with one attached hydrogen (secondary N) is 1. The van der Waals surface area contributed by atoms with Gasteiger partial charge in [-0.05, 0) is 54.6 Å². The van der Waals surface area contributed by atoms with Crippen LogP contribution >= 0.6 is 11.8 Å². The van der Waals surface area contributed by atoms with Gasteiger partial charge in [0.2, 0.25) is 0 Å². The van der Waals surface area contributed by atoms with E-state index in [-0.39, 0.29) is 5.91 Å². The summed E-state index contributed by atoms with van der Waals surface area (Å²) in [5.41, 5.74) is 6.96. The smallest absolute Gasteiger partial charge is 0.264 e. The molecule has 0 spiro atoms. The van der Waals surface area contributed by atoms with Crippen LogP contribution in [0.4, 0.5) is 5.69 Å². The highest BCUT2D eigenvalue weighted by molar-refractivity contribution is 8.18. The van der Waals surface area contributed by atoms with Crippen LogP contribution in [-0.4, -0.2) is 23.6 Å². The molecule has 6 nitrogen and oxygen atoms in total. The molecule has 7 heteroatoms. The average molecular weight is 367 g/mol. The second-order valence-corrected chi connectivity index (χ2v) is 6.40. The molecule has 1 aliphatic rings. The highest BCUT2D eigenvalue weighted by atomic mass is 32.2. The van der Waals surface area contributed by atoms with Crippen LogP contribution in [0.15, 0.2) is 58.4 Å². The number of benzene rings is 2. The largest absolute Gasteiger partial charge is 0.494 e. The number of primary amides is 1. The maximum absolute atomic E-state index is 12.2. The molecule has 3 rings (SSSR count). The van der Waals surface area contributed by atoms with Crippen molar-refractivity contribution in [2.45, 2.75) is 6.92 Å². The van der Waals surface area contributed by atoms with E-state index in [0.717, 1.165) is 11.3 Å². The molecule has 132 valence electrons. The molecule has 1 fully saturated rings. The van der Waals surface area contributed by atoms with Crippen LogP contribution in [-0.2, 0) is 4.79 Å². The molecule has 0 saturated carbocycles. The monoisotopic (exact) mass is 367 g/mol. The van der Waals surface area contributed by atoms with E-state index in [0.29, 0.717) is 27.9 Å². The van der Waals surface area contributed by atoms with Crippen LogP contribution in [0.3, 0.4) is 0 Å². The number of aliphatic imine (C=N–C) groups is 1. The van der Waals surface area contributed by atoms with Gasteiger partial charge in [-0.15, -0.1) is 0 Å². The van der Waals surface area contributed by atoms with Gasteiger partial charge < -0.3 is 15.8 Å². The Morgan fingerprint density at radius 2 is 1.96 bits per heavy atom. The topological polar surface area (TPSA) is 93.8 Å². The number of ether oxygens (including phenoxy) is 1. The van der Waals surface area contributed by atoms with Crippen molar-refractivity contribution in [3.8, 4) is 5.75 Å². The summed E-state index contributed by atoms with van der Waals surface area (Å²) in [6.45, 7) is 2.53. The molecule has 0 radical (unpaired) electrons. The molecule has 1 saturated heterocycles. The summed E-state index contributed by atoms with van der Waals surface area (Å²) >= 11 is 1.21. The second-order valence-electron chi connectivity index (χ2n) is 5.37. The molecule has 26 heavy (non-hydrogen) atoms. The Hall–Kier alpha value is -3.06. The molecule has 0 unspecified atom stereocenters. The van der Waals surface area contributed by atoms with Gasteiger partial charge in [-0.25, -0.2) is 4.99 Å². The normalized spacial score (nSPS) is 16.7. The van der Waals surface area contributed by atoms with Gasteiger partial charge in [-0.3, -0.25) is 9.59 Å². The van der Waals surface area contributed by atoms with Gasteiger partial charge in [0, 0.05) is 0 Å². The zero-order valence-corrected chi connectivity index (χ0v) is 14.9. The van der Waals surface area contributed by atoms with Crippen molar-refractivity contribution in [1.82, 2.24) is 5.32 Å². The first-order chi connectivity index (χ1) is 12.6. The summed E-state index contributed by atoms with van der Waals surface area (Å²) < 4.78 is 5.40. The molecule has 0 aliphatic carbocycles. The Bertz CT molecular complexity index is 905. The van der Waals surface area contributed by atoms with E-state index in [1.165, 1.54) is 11.8 Å². The van der Waals surface area contributed by atoms with Gasteiger partial charge in [0.05, 0.1) is 22.8 Å². The van der Waals surface area contributed by atoms with Crippen molar-refractivity contribution in [2.75, 3.05) is 6.61 Å². The van der Waals surface area contributed by atoms with Gasteiger partial charge >= 0.3 is 0 Å². The zero-order valence-electron chi connectivity index (χ0n) is 14.1. The fraction of sp³-hybridized carbons (Fsp3) is 0.105. The lowest BCUT2D eigenvalue weighted by molar-refractivity contribution is -0.115. The predicted molar refractivity (Wildman–Crippen MR) is 103 cm³/mol. The number of nitrogens with zero attached hydrogens (tertiary/aromatic N) is 1. The number of hydrogen-bond acceptors (Lipinski definition) is 5. The van der Waals surface area contributed by atoms with E-state index >= 15 is 0 Å². The van der Waals surface area contributed by atoms with Crippen LogP contribution in [0, 0.1) is 0 Å². The number of para-hydroxylation sites is 1. The van der Waals surface area contributed by atoms with Crippen molar-refractivity contribution >= 4 is 40.5 Å². The summed E-state index contributed by atoms with van der Waals surface area (Å²) in [7, 11) is 0. The fourth-order valence-electron chi connectivity index (χ4n) is 2.35. The van der Waals surface area contributed by atoms with E-state index in [1.807, 2.05) is 31.2 Å². The number of amides is 2. The van der Waals surface area contributed by atoms with Crippen molar-refractivity contribution < 1.29 is 14.3 Å². The van der Waals surface area contributed by atoms with E-state index < -0.39 is 5.91 Å². The molecule has 0 bridgehead atoms. The molecule has 2 aromatic carbocycles. The number of amidine groups is 1. The first kappa shape index (κ1) is 17.8. The zero-order chi connectivity index (χ0) is 18.5. The first-order valence-corrected chi connectivity index (χ1v) is 8.79. The lowest BCUT2D eigenvalue weighted by atomic mass is 10.2. The summed E-state index contributed by atoms with van der Waals surface area (Å²) in [5.74, 6) is -0.0212. The van der Waals surface area contributed by atoms with Gasteiger partial charge in [0.15, 0.2) is 5.17 Å². The minimum absolute atomic E-state index is 0.237. The molecule has 1 heterocycles. The number of hydrogen-bond donors (Lipinski definition) is 2. The maximum Gasteiger partial charge on any atom is 0.264 e. The molecular formula is C19H17N3O3S. The first-order valence-electron chi connectivity index (χ1n) is 7.98. The van der Waals surface area contributed by atoms with E-state index in [9.17, 15) is 9.59 Å². The summed E-state index contributed by atoms with van der Waals surface area (Å²) in [6.07, 6.45) is 1.78. The molecule has 2 amide bonds. The third kappa shape index (κ3) is 4.12. The molecule has 0 aromatic heterocycles. The van der Waals surface area contributed by atoms with Gasteiger partial charge in [0.1, 0.15) is 5.75 Å². The second kappa shape index (κ2) is 7.88. The Kier molecular flexibility index (Phi) is 5.38. The third-order valence-electron chi connectivity index (χ3n) is 3.53. The average Bonchev–Trinajstić information content (AvgIpc) is 2.96. The van der Waals surface area contributed by atoms with Crippen LogP contribution in [0.2, 0.25) is 0 Å². The molecule has 3 N–H and O–H groups in total. The predicted octanol–water partition coefficient (Wildman–Crippen LogP) is 3.08. The number of thioether (sulfide) groups is 1. The van der Waals surface area contributed by atoms with Crippen molar-refractivity contribution in [1.29, 1.82) is 0 Å². The van der Waals surface area contributed by atoms with E-state index in [4.69, 9.17) is 10.5 Å². The molecular weight excluding hydrogens is 350 g/mol. The highest BCUT2D eigenvalue weighted by Crippen LogP contribution is 2.29. The Labute approximate surface area is 155 Å². The Morgan fingerprint density at radius 3 is 2.65 bits per heavy atom. The van der Waals surface area contributed by atoms with Gasteiger partial charge in [-0.2, -0.15) is 0 Å². The summed E-state index contributed by atoms with van der Waals surface area (Å²) in [5, 5.41) is 3.10. The SMILES string of the molecule is CCOc1ccc(/C=C2\SC(=Nc3ccccc3C(N)=O)NC2=O)cc1. The van der Waals surface area contributed by atoms with E-state index in [1.54, 1.807) is 30.3 Å². The molecule has 2 aromatic rings. The number of nitrogens with two attached hydrogens (primary N) is 1. The minimum Gasteiger partial charge on any atom is -0.494 e. The number of rotatable bonds is 5.